The third-order valence-corrected chi connectivity index (χ3v) is 12.4. The number of hydrogen-bond donors (Lipinski definition) is 15. The topological polar surface area (TPSA) is 372 Å². The maximum absolute atomic E-state index is 13.9. The van der Waals surface area contributed by atoms with Gasteiger partial charge in [-0.1, -0.05) is 92.0 Å². The monoisotopic (exact) mass is 999 g/mol. The Morgan fingerprint density at radius 1 is 0.700 bits per heavy atom. The third-order valence-electron chi connectivity index (χ3n) is 12.4. The summed E-state index contributed by atoms with van der Waals surface area (Å²) in [4.78, 5) is 26.4. The Morgan fingerprint density at radius 3 is 1.86 bits per heavy atom. The summed E-state index contributed by atoms with van der Waals surface area (Å²) in [6.07, 6.45) is 3.41. The first-order valence-electron chi connectivity index (χ1n) is 23.7. The molecule has 0 aliphatic carbocycles. The molecule has 0 aromatic heterocycles. The normalized spacial score (nSPS) is 41.2. The molecular formula is C49H78N2O19. The molecule has 0 aromatic carbocycles. The maximum atomic E-state index is 13.9. The van der Waals surface area contributed by atoms with E-state index in [1.165, 1.54) is 6.08 Å². The molecule has 0 saturated carbocycles. The van der Waals surface area contributed by atoms with E-state index < -0.39 is 160 Å². The lowest BCUT2D eigenvalue weighted by Crippen LogP contribution is -2.63. The number of carbonyl (C=O) groups excluding carboxylic acids is 2. The molecule has 21 heteroatoms. The van der Waals surface area contributed by atoms with Gasteiger partial charge in [-0.3, -0.25) is 9.59 Å². The zero-order chi connectivity index (χ0) is 52.0. The highest BCUT2D eigenvalue weighted by Gasteiger charge is 2.51. The van der Waals surface area contributed by atoms with Crippen LogP contribution in [0.3, 0.4) is 0 Å². The van der Waals surface area contributed by atoms with E-state index in [-0.39, 0.29) is 44.6 Å². The van der Waals surface area contributed by atoms with Gasteiger partial charge in [0.05, 0.1) is 106 Å². The number of aliphatic hydroxyl groups excluding tert-OH is 12. The molecule has 0 aromatic rings. The second-order valence-corrected chi connectivity index (χ2v) is 18.6. The Morgan fingerprint density at radius 2 is 1.27 bits per heavy atom. The molecule has 17 atom stereocenters. The number of esters is 1. The van der Waals surface area contributed by atoms with Crippen molar-refractivity contribution in [3.05, 3.63) is 85.1 Å². The standard InChI is InChI=1S/C49H78N2O19/c1-30-15-13-11-9-7-5-3-4-6-8-10-12-14-16-35(69-47-45(64)44(50)40(62)26-67-47)23-41-43(46(65)51-48(27-52,28-53)29-54)39(61)25-49(66,70-41)24-34(57)21-38(60)36(58)18-17-32(55)20-33(56)22-42(63)68-31(2)19-37(30)59/h3-16,30-41,43-45,47,52-62,64,66H,17-29,50H2,1-2H3,(H,51,65)/b4-3+,7-5+,8-6+,11-9+,12-10+,15-13+,16-14+/t30-,31-,32?,33?,34?,35?,36?,37?,38?,39-,40?,41-,43?,44-,45-,47-,49?/m0/s1. The molecule has 21 nitrogen and oxygen atoms in total. The van der Waals surface area contributed by atoms with Gasteiger partial charge in [-0.05, 0) is 26.2 Å². The van der Waals surface area contributed by atoms with Crippen LogP contribution in [0.1, 0.15) is 71.6 Å². The van der Waals surface area contributed by atoms with Crippen molar-refractivity contribution >= 4 is 11.9 Å². The molecule has 3 aliphatic heterocycles. The van der Waals surface area contributed by atoms with Gasteiger partial charge in [0, 0.05) is 38.0 Å². The second kappa shape index (κ2) is 30.5. The van der Waals surface area contributed by atoms with Gasteiger partial charge in [0.2, 0.25) is 5.91 Å². The van der Waals surface area contributed by atoms with Crippen LogP contribution in [0.15, 0.2) is 85.1 Å². The minimum atomic E-state index is -2.41. The van der Waals surface area contributed by atoms with E-state index in [0.29, 0.717) is 0 Å². The highest BCUT2D eigenvalue weighted by atomic mass is 16.7. The van der Waals surface area contributed by atoms with Crippen LogP contribution in [0.25, 0.3) is 0 Å². The van der Waals surface area contributed by atoms with E-state index in [9.17, 15) is 76.0 Å². The van der Waals surface area contributed by atoms with E-state index in [4.69, 9.17) is 24.7 Å². The minimum absolute atomic E-state index is 0.134. The quantitative estimate of drug-likeness (QED) is 0.121. The van der Waals surface area contributed by atoms with Crippen molar-refractivity contribution in [2.45, 2.75) is 169 Å². The number of amides is 1. The molecule has 10 unspecified atom stereocenters. The Labute approximate surface area is 408 Å². The fourth-order valence-corrected chi connectivity index (χ4v) is 8.12. The first-order chi connectivity index (χ1) is 33.1. The fraction of sp³-hybridized carbons (Fsp3) is 0.673. The van der Waals surface area contributed by atoms with Crippen LogP contribution in [0.2, 0.25) is 0 Å². The molecule has 2 bridgehead atoms. The molecule has 16 N–H and O–H groups in total. The maximum Gasteiger partial charge on any atom is 0.308 e. The lowest BCUT2D eigenvalue weighted by molar-refractivity contribution is -0.304. The Hall–Kier alpha value is -3.56. The number of fused-ring (bicyclic) bond motifs is 2. The molecule has 2 fully saturated rings. The van der Waals surface area contributed by atoms with Crippen LogP contribution in [0, 0.1) is 11.8 Å². The van der Waals surface area contributed by atoms with Gasteiger partial charge in [-0.15, -0.1) is 0 Å². The number of nitrogens with two attached hydrogens (primary N) is 1. The van der Waals surface area contributed by atoms with E-state index in [0.717, 1.165) is 0 Å². The third kappa shape index (κ3) is 20.5. The van der Waals surface area contributed by atoms with Gasteiger partial charge in [0.1, 0.15) is 17.7 Å². The van der Waals surface area contributed by atoms with Crippen LogP contribution in [-0.2, 0) is 28.5 Å². The highest BCUT2D eigenvalue weighted by Crippen LogP contribution is 2.38. The Kier molecular flexibility index (Phi) is 26.4. The van der Waals surface area contributed by atoms with Gasteiger partial charge in [-0.2, -0.15) is 0 Å². The van der Waals surface area contributed by atoms with E-state index in [2.05, 4.69) is 5.32 Å². The highest BCUT2D eigenvalue weighted by molar-refractivity contribution is 5.81. The number of aliphatic hydroxyl groups is 13. The minimum Gasteiger partial charge on any atom is -0.462 e. The van der Waals surface area contributed by atoms with E-state index in [1.807, 2.05) is 6.92 Å². The van der Waals surface area contributed by atoms with Crippen molar-refractivity contribution in [2.75, 3.05) is 26.4 Å². The number of ether oxygens (including phenoxy) is 4. The molecule has 70 heavy (non-hydrogen) atoms. The van der Waals surface area contributed by atoms with Crippen LogP contribution < -0.4 is 11.1 Å². The van der Waals surface area contributed by atoms with Crippen molar-refractivity contribution in [3.8, 4) is 0 Å². The van der Waals surface area contributed by atoms with Crippen molar-refractivity contribution in [3.63, 3.8) is 0 Å². The first-order valence-corrected chi connectivity index (χ1v) is 23.7. The number of nitrogens with one attached hydrogen (secondary N) is 1. The van der Waals surface area contributed by atoms with Crippen molar-refractivity contribution in [1.29, 1.82) is 0 Å². The first kappa shape index (κ1) is 60.7. The van der Waals surface area contributed by atoms with E-state index >= 15 is 0 Å². The summed E-state index contributed by atoms with van der Waals surface area (Å²) >= 11 is 0. The molecule has 3 heterocycles. The largest absolute Gasteiger partial charge is 0.462 e. The molecule has 0 radical (unpaired) electrons. The zero-order valence-corrected chi connectivity index (χ0v) is 39.9. The van der Waals surface area contributed by atoms with Crippen LogP contribution in [0.4, 0.5) is 0 Å². The summed E-state index contributed by atoms with van der Waals surface area (Å²) in [5.41, 5.74) is 4.05. The van der Waals surface area contributed by atoms with E-state index in [1.54, 1.807) is 85.9 Å². The SMILES string of the molecule is C[C@H]1CC(O)[C@@H](C)/C=C/C=C/C=C/C=C/C=C/C=C/C=C/C(O[C@@H]2OCC(O)[C@H](N)[C@@H]2O)C[C@@H]2OC(O)(CC(O)CC(O)C(O)CCC(O)CC(O)CC(=O)O1)C[C@H](O)C2C(=O)NC(CO)(CO)CO. The summed E-state index contributed by atoms with van der Waals surface area (Å²) in [5, 5.41) is 141. The summed E-state index contributed by atoms with van der Waals surface area (Å²) < 4.78 is 23.1. The number of cyclic esters (lactones) is 1. The summed E-state index contributed by atoms with van der Waals surface area (Å²) in [5.74, 6) is -6.04. The van der Waals surface area contributed by atoms with Gasteiger partial charge in [0.15, 0.2) is 12.1 Å². The number of allylic oxidation sites excluding steroid dienone is 12. The van der Waals surface area contributed by atoms with Crippen LogP contribution >= 0.6 is 0 Å². The molecule has 3 aliphatic rings. The van der Waals surface area contributed by atoms with Crippen molar-refractivity contribution in [2.24, 2.45) is 17.6 Å². The smallest absolute Gasteiger partial charge is 0.308 e. The van der Waals surface area contributed by atoms with Crippen LogP contribution in [0.5, 0.6) is 0 Å². The number of carbonyl (C=O) groups is 2. The Balaban J connectivity index is 1.95. The summed E-state index contributed by atoms with van der Waals surface area (Å²) in [7, 11) is 0. The molecular weight excluding hydrogens is 921 g/mol. The predicted octanol–water partition coefficient (Wildman–Crippen LogP) is -2.18. The lowest BCUT2D eigenvalue weighted by atomic mass is 9.81. The van der Waals surface area contributed by atoms with Crippen molar-refractivity contribution < 1.29 is 94.9 Å². The molecule has 398 valence electrons. The molecule has 0 spiro atoms. The molecule has 1 amide bonds. The second-order valence-electron chi connectivity index (χ2n) is 18.6. The van der Waals surface area contributed by atoms with Gasteiger partial charge in [0.25, 0.3) is 0 Å². The summed E-state index contributed by atoms with van der Waals surface area (Å²) in [6.45, 7) is 0.388. The summed E-state index contributed by atoms with van der Waals surface area (Å²) in [6, 6.07) is -1.17. The van der Waals surface area contributed by atoms with Crippen molar-refractivity contribution in [1.82, 2.24) is 5.32 Å². The van der Waals surface area contributed by atoms with Gasteiger partial charge >= 0.3 is 5.97 Å². The number of hydrogen-bond acceptors (Lipinski definition) is 20. The van der Waals surface area contributed by atoms with Gasteiger partial charge < -0.3 is 96.4 Å². The van der Waals surface area contributed by atoms with Crippen LogP contribution in [-0.4, -0.2) is 202 Å². The fourth-order valence-electron chi connectivity index (χ4n) is 8.12. The predicted molar refractivity (Wildman–Crippen MR) is 252 cm³/mol. The molecule has 3 rings (SSSR count). The molecule has 2 saturated heterocycles. The Bertz CT molecular complexity index is 1760. The average Bonchev–Trinajstić information content (AvgIpc) is 3.29. The lowest BCUT2D eigenvalue weighted by Gasteiger charge is -2.46. The average molecular weight is 999 g/mol. The number of rotatable bonds is 7. The van der Waals surface area contributed by atoms with Gasteiger partial charge in [-0.25, -0.2) is 0 Å². The zero-order valence-electron chi connectivity index (χ0n) is 39.9.